The van der Waals surface area contributed by atoms with Crippen molar-refractivity contribution < 1.29 is 4.79 Å². The molecule has 0 aliphatic carbocycles. The number of rotatable bonds is 1. The normalized spacial score (nSPS) is 11.1. The number of hydrogen-bond acceptors (Lipinski definition) is 3. The van der Waals surface area contributed by atoms with Crippen molar-refractivity contribution in [3.05, 3.63) is 18.5 Å². The molecule has 0 aliphatic heterocycles. The Morgan fingerprint density at radius 2 is 2.07 bits per heavy atom. The van der Waals surface area contributed by atoms with Gasteiger partial charge in [-0.05, 0) is 6.07 Å². The molecule has 0 fully saturated rings. The van der Waals surface area contributed by atoms with Crippen LogP contribution in [0.1, 0.15) is 20.8 Å². The van der Waals surface area contributed by atoms with E-state index < -0.39 is 5.41 Å². The molecule has 0 bridgehead atoms. The molecule has 0 radical (unpaired) electrons. The maximum Gasteiger partial charge on any atom is 0.229 e. The summed E-state index contributed by atoms with van der Waals surface area (Å²) in [7, 11) is 0. The summed E-state index contributed by atoms with van der Waals surface area (Å²) in [6.45, 7) is 5.58. The summed E-state index contributed by atoms with van der Waals surface area (Å²) in [5.41, 5.74) is 0.282. The van der Waals surface area contributed by atoms with Crippen molar-refractivity contribution in [1.29, 1.82) is 0 Å². The molecule has 76 valence electrons. The lowest BCUT2D eigenvalue weighted by atomic mass is 9.96. The van der Waals surface area contributed by atoms with Crippen LogP contribution in [0.3, 0.4) is 0 Å². The van der Waals surface area contributed by atoms with Crippen molar-refractivity contribution in [2.24, 2.45) is 5.41 Å². The lowest BCUT2D eigenvalue weighted by molar-refractivity contribution is -0.123. The van der Waals surface area contributed by atoms with Gasteiger partial charge in [0.05, 0.1) is 11.9 Å². The van der Waals surface area contributed by atoms with Gasteiger partial charge in [-0.15, -0.1) is 12.6 Å². The Labute approximate surface area is 89.3 Å². The van der Waals surface area contributed by atoms with Crippen LogP contribution in [0.2, 0.25) is 0 Å². The second-order valence-corrected chi connectivity index (χ2v) is 4.65. The molecular weight excluding hydrogens is 196 g/mol. The van der Waals surface area contributed by atoms with E-state index >= 15 is 0 Å². The van der Waals surface area contributed by atoms with Crippen LogP contribution >= 0.6 is 12.6 Å². The average Bonchev–Trinajstić information content (AvgIpc) is 2.02. The van der Waals surface area contributed by atoms with Gasteiger partial charge in [0.2, 0.25) is 5.91 Å². The van der Waals surface area contributed by atoms with Gasteiger partial charge >= 0.3 is 0 Å². The highest BCUT2D eigenvalue weighted by molar-refractivity contribution is 7.80. The summed E-state index contributed by atoms with van der Waals surface area (Å²) in [6, 6.07) is 1.76. The molecule has 0 aliphatic rings. The van der Waals surface area contributed by atoms with E-state index in [0.717, 1.165) is 4.90 Å². The summed E-state index contributed by atoms with van der Waals surface area (Å²) in [6.07, 6.45) is 3.22. The molecule has 3 nitrogen and oxygen atoms in total. The first-order valence-electron chi connectivity index (χ1n) is 4.35. The Hall–Kier alpha value is -1.03. The Morgan fingerprint density at radius 3 is 2.57 bits per heavy atom. The summed E-state index contributed by atoms with van der Waals surface area (Å²) in [5, 5.41) is 2.77. The van der Waals surface area contributed by atoms with Crippen molar-refractivity contribution in [1.82, 2.24) is 4.98 Å². The van der Waals surface area contributed by atoms with Crippen LogP contribution in [-0.2, 0) is 4.79 Å². The lowest BCUT2D eigenvalue weighted by Gasteiger charge is -2.17. The van der Waals surface area contributed by atoms with E-state index in [9.17, 15) is 4.79 Å². The van der Waals surface area contributed by atoms with E-state index in [0.29, 0.717) is 5.69 Å². The number of nitrogens with one attached hydrogen (secondary N) is 1. The van der Waals surface area contributed by atoms with Gasteiger partial charge in [-0.2, -0.15) is 0 Å². The highest BCUT2D eigenvalue weighted by Crippen LogP contribution is 2.18. The first-order chi connectivity index (χ1) is 6.39. The first kappa shape index (κ1) is 11.0. The maximum atomic E-state index is 11.6. The molecule has 14 heavy (non-hydrogen) atoms. The number of carbonyl (C=O) groups excluding carboxylic acids is 1. The van der Waals surface area contributed by atoms with Gasteiger partial charge < -0.3 is 5.32 Å². The fourth-order valence-corrected chi connectivity index (χ4v) is 1.02. The van der Waals surface area contributed by atoms with Crippen molar-refractivity contribution in [2.75, 3.05) is 5.32 Å². The third-order valence-electron chi connectivity index (χ3n) is 1.66. The highest BCUT2D eigenvalue weighted by atomic mass is 32.1. The van der Waals surface area contributed by atoms with E-state index in [1.54, 1.807) is 18.5 Å². The third-order valence-corrected chi connectivity index (χ3v) is 1.91. The van der Waals surface area contributed by atoms with Crippen LogP contribution in [0.5, 0.6) is 0 Å². The lowest BCUT2D eigenvalue weighted by Crippen LogP contribution is -2.27. The van der Waals surface area contributed by atoms with Gasteiger partial charge in [-0.1, -0.05) is 20.8 Å². The van der Waals surface area contributed by atoms with Crippen LogP contribution in [0.4, 0.5) is 5.69 Å². The van der Waals surface area contributed by atoms with Gasteiger partial charge in [0.15, 0.2) is 0 Å². The summed E-state index contributed by atoms with van der Waals surface area (Å²) < 4.78 is 0. The van der Waals surface area contributed by atoms with Crippen molar-refractivity contribution in [3.8, 4) is 0 Å². The Bertz CT molecular complexity index is 344. The summed E-state index contributed by atoms with van der Waals surface area (Å²) in [4.78, 5) is 16.2. The molecule has 1 rings (SSSR count). The quantitative estimate of drug-likeness (QED) is 0.699. The smallest absolute Gasteiger partial charge is 0.229 e. The monoisotopic (exact) mass is 210 g/mol. The number of pyridine rings is 1. The van der Waals surface area contributed by atoms with Crippen molar-refractivity contribution in [2.45, 2.75) is 25.7 Å². The molecule has 1 N–H and O–H groups in total. The Kier molecular flexibility index (Phi) is 3.16. The number of amides is 1. The molecule has 0 atom stereocenters. The standard InChI is InChI=1S/C10H14N2OS/c1-10(2,3)9(13)12-7-4-8(14)6-11-5-7/h4-6,14H,1-3H3,(H,12,13). The number of aromatic nitrogens is 1. The Morgan fingerprint density at radius 1 is 1.43 bits per heavy atom. The number of hydrogen-bond donors (Lipinski definition) is 2. The minimum absolute atomic E-state index is 0.0294. The van der Waals surface area contributed by atoms with Gasteiger partial charge in [-0.3, -0.25) is 9.78 Å². The molecule has 0 saturated heterocycles. The second-order valence-electron chi connectivity index (χ2n) is 4.14. The van der Waals surface area contributed by atoms with Crippen LogP contribution < -0.4 is 5.32 Å². The zero-order chi connectivity index (χ0) is 10.8. The average molecular weight is 210 g/mol. The first-order valence-corrected chi connectivity index (χ1v) is 4.80. The van der Waals surface area contributed by atoms with Gasteiger partial charge in [0.1, 0.15) is 0 Å². The number of nitrogens with zero attached hydrogens (tertiary/aromatic N) is 1. The van der Waals surface area contributed by atoms with Crippen LogP contribution in [0.15, 0.2) is 23.4 Å². The van der Waals surface area contributed by atoms with Crippen LogP contribution in [-0.4, -0.2) is 10.9 Å². The maximum absolute atomic E-state index is 11.6. The minimum atomic E-state index is -0.396. The SMILES string of the molecule is CC(C)(C)C(=O)Nc1cncc(S)c1. The molecule has 1 aromatic rings. The molecule has 4 heteroatoms. The van der Waals surface area contributed by atoms with Crippen molar-refractivity contribution >= 4 is 24.2 Å². The van der Waals surface area contributed by atoms with E-state index in [1.807, 2.05) is 20.8 Å². The topological polar surface area (TPSA) is 42.0 Å². The third kappa shape index (κ3) is 3.03. The largest absolute Gasteiger partial charge is 0.324 e. The molecule has 0 unspecified atom stereocenters. The number of anilines is 1. The second kappa shape index (κ2) is 4.00. The molecule has 1 amide bonds. The zero-order valence-corrected chi connectivity index (χ0v) is 9.43. The molecule has 0 spiro atoms. The fourth-order valence-electron chi connectivity index (χ4n) is 0.815. The van der Waals surface area contributed by atoms with E-state index in [2.05, 4.69) is 22.9 Å². The molecule has 0 saturated carbocycles. The van der Waals surface area contributed by atoms with Crippen molar-refractivity contribution in [3.63, 3.8) is 0 Å². The van der Waals surface area contributed by atoms with E-state index in [1.165, 1.54) is 0 Å². The van der Waals surface area contributed by atoms with Crippen LogP contribution in [0.25, 0.3) is 0 Å². The predicted molar refractivity (Wildman–Crippen MR) is 59.6 cm³/mol. The van der Waals surface area contributed by atoms with E-state index in [4.69, 9.17) is 0 Å². The zero-order valence-electron chi connectivity index (χ0n) is 8.53. The van der Waals surface area contributed by atoms with Gasteiger partial charge in [-0.25, -0.2) is 0 Å². The predicted octanol–water partition coefficient (Wildman–Crippen LogP) is 2.35. The molecule has 1 heterocycles. The summed E-state index contributed by atoms with van der Waals surface area (Å²) in [5.74, 6) is -0.0294. The summed E-state index contributed by atoms with van der Waals surface area (Å²) >= 11 is 4.14. The fraction of sp³-hybridized carbons (Fsp3) is 0.400. The molecular formula is C10H14N2OS. The number of carbonyl (C=O) groups is 1. The van der Waals surface area contributed by atoms with Gasteiger partial charge in [0, 0.05) is 16.5 Å². The number of thiol groups is 1. The molecule has 1 aromatic heterocycles. The Balaban J connectivity index is 2.75. The van der Waals surface area contributed by atoms with Crippen LogP contribution in [0, 0.1) is 5.41 Å². The molecule has 0 aromatic carbocycles. The minimum Gasteiger partial charge on any atom is -0.324 e. The van der Waals surface area contributed by atoms with E-state index in [-0.39, 0.29) is 5.91 Å². The highest BCUT2D eigenvalue weighted by Gasteiger charge is 2.21. The van der Waals surface area contributed by atoms with Gasteiger partial charge in [0.25, 0.3) is 0 Å².